The van der Waals surface area contributed by atoms with Gasteiger partial charge in [-0.05, 0) is 43.3 Å². The number of hydrogen-bond donors (Lipinski definition) is 1. The molecule has 3 nitrogen and oxygen atoms in total. The van der Waals surface area contributed by atoms with Crippen LogP contribution in [-0.4, -0.2) is 5.91 Å². The fraction of sp³-hybridized carbons (Fsp3) is 0.118. The molecule has 0 unspecified atom stereocenters. The van der Waals surface area contributed by atoms with Crippen molar-refractivity contribution in [3.63, 3.8) is 0 Å². The lowest BCUT2D eigenvalue weighted by atomic mass is 10.1. The van der Waals surface area contributed by atoms with Gasteiger partial charge in [0.1, 0.15) is 11.3 Å². The molecule has 106 valence electrons. The fourth-order valence-electron chi connectivity index (χ4n) is 2.17. The Morgan fingerprint density at radius 2 is 1.86 bits per heavy atom. The Bertz CT molecular complexity index is 744. The molecule has 3 rings (SSSR count). The van der Waals surface area contributed by atoms with Gasteiger partial charge in [-0.15, -0.1) is 0 Å². The molecule has 21 heavy (non-hydrogen) atoms. The van der Waals surface area contributed by atoms with Crippen LogP contribution in [0.5, 0.6) is 0 Å². The zero-order valence-corrected chi connectivity index (χ0v) is 13.1. The predicted octanol–water partition coefficient (Wildman–Crippen LogP) is 4.69. The van der Waals surface area contributed by atoms with Crippen LogP contribution in [0.3, 0.4) is 0 Å². The molecule has 0 saturated heterocycles. The topological polar surface area (TPSA) is 42.2 Å². The number of amides is 1. The highest BCUT2D eigenvalue weighted by atomic mass is 79.9. The number of hydrogen-bond acceptors (Lipinski definition) is 2. The zero-order valence-electron chi connectivity index (χ0n) is 11.5. The first kappa shape index (κ1) is 13.9. The van der Waals surface area contributed by atoms with Crippen molar-refractivity contribution in [1.82, 2.24) is 5.32 Å². The van der Waals surface area contributed by atoms with Gasteiger partial charge in [-0.3, -0.25) is 4.79 Å². The van der Waals surface area contributed by atoms with E-state index in [9.17, 15) is 4.79 Å². The summed E-state index contributed by atoms with van der Waals surface area (Å²) in [6.45, 7) is 1.91. The van der Waals surface area contributed by atoms with Gasteiger partial charge in [0.15, 0.2) is 0 Å². The second-order valence-electron chi connectivity index (χ2n) is 4.89. The van der Waals surface area contributed by atoms with Crippen LogP contribution < -0.4 is 5.32 Å². The van der Waals surface area contributed by atoms with Gasteiger partial charge in [-0.1, -0.05) is 34.1 Å². The molecule has 0 aliphatic carbocycles. The molecule has 1 atom stereocenters. The molecular formula is C17H14BrNO2. The number of carbonyl (C=O) groups is 1. The first-order valence-corrected chi connectivity index (χ1v) is 7.48. The van der Waals surface area contributed by atoms with Gasteiger partial charge in [0.05, 0.1) is 6.04 Å². The van der Waals surface area contributed by atoms with Crippen molar-refractivity contribution in [1.29, 1.82) is 0 Å². The fourth-order valence-corrected chi connectivity index (χ4v) is 2.43. The number of furan rings is 1. The lowest BCUT2D eigenvalue weighted by molar-refractivity contribution is 0.0935. The monoisotopic (exact) mass is 343 g/mol. The molecule has 0 spiro atoms. The van der Waals surface area contributed by atoms with E-state index in [4.69, 9.17) is 4.42 Å². The summed E-state index contributed by atoms with van der Waals surface area (Å²) < 4.78 is 6.71. The largest absolute Gasteiger partial charge is 0.459 e. The second kappa shape index (κ2) is 5.74. The van der Waals surface area contributed by atoms with Gasteiger partial charge in [0.2, 0.25) is 0 Å². The molecule has 1 amide bonds. The van der Waals surface area contributed by atoms with Crippen LogP contribution in [0.15, 0.2) is 63.5 Å². The average molecular weight is 344 g/mol. The van der Waals surface area contributed by atoms with Gasteiger partial charge in [0, 0.05) is 15.4 Å². The van der Waals surface area contributed by atoms with E-state index in [0.717, 1.165) is 21.2 Å². The maximum Gasteiger partial charge on any atom is 0.251 e. The molecule has 4 heteroatoms. The SMILES string of the molecule is C[C@@H](NC(=O)c1ccc(Br)cc1)c1cc2ccccc2o1. The minimum Gasteiger partial charge on any atom is -0.459 e. The number of para-hydroxylation sites is 1. The number of fused-ring (bicyclic) bond motifs is 1. The van der Waals surface area contributed by atoms with Crippen LogP contribution in [0, 0.1) is 0 Å². The molecule has 1 heterocycles. The van der Waals surface area contributed by atoms with Crippen LogP contribution in [0.2, 0.25) is 0 Å². The maximum absolute atomic E-state index is 12.2. The summed E-state index contributed by atoms with van der Waals surface area (Å²) in [5.41, 5.74) is 1.46. The Morgan fingerprint density at radius 3 is 2.57 bits per heavy atom. The highest BCUT2D eigenvalue weighted by molar-refractivity contribution is 9.10. The van der Waals surface area contributed by atoms with Crippen molar-refractivity contribution in [3.8, 4) is 0 Å². The molecule has 0 fully saturated rings. The summed E-state index contributed by atoms with van der Waals surface area (Å²) in [7, 11) is 0. The minimum absolute atomic E-state index is 0.115. The smallest absolute Gasteiger partial charge is 0.251 e. The van der Waals surface area contributed by atoms with Gasteiger partial charge in [0.25, 0.3) is 5.91 Å². The van der Waals surface area contributed by atoms with Crippen molar-refractivity contribution < 1.29 is 9.21 Å². The number of halogens is 1. The molecule has 0 bridgehead atoms. The van der Waals surface area contributed by atoms with E-state index in [1.165, 1.54) is 0 Å². The minimum atomic E-state index is -0.187. The van der Waals surface area contributed by atoms with Crippen molar-refractivity contribution in [3.05, 3.63) is 70.4 Å². The summed E-state index contributed by atoms with van der Waals surface area (Å²) >= 11 is 3.36. The quantitative estimate of drug-likeness (QED) is 0.749. The van der Waals surface area contributed by atoms with E-state index in [1.807, 2.05) is 49.4 Å². The standard InChI is InChI=1S/C17H14BrNO2/c1-11(16-10-13-4-2-3-5-15(13)21-16)19-17(20)12-6-8-14(18)9-7-12/h2-11H,1H3,(H,19,20)/t11-/m1/s1. The third-order valence-electron chi connectivity index (χ3n) is 3.33. The van der Waals surface area contributed by atoms with Crippen molar-refractivity contribution in [2.24, 2.45) is 0 Å². The molecular weight excluding hydrogens is 330 g/mol. The summed E-state index contributed by atoms with van der Waals surface area (Å²) in [6, 6.07) is 16.8. The Balaban J connectivity index is 1.77. The highest BCUT2D eigenvalue weighted by Crippen LogP contribution is 2.23. The summed E-state index contributed by atoms with van der Waals surface area (Å²) in [5.74, 6) is 0.636. The van der Waals surface area contributed by atoms with Crippen molar-refractivity contribution in [2.45, 2.75) is 13.0 Å². The van der Waals surface area contributed by atoms with Gasteiger partial charge >= 0.3 is 0 Å². The molecule has 0 radical (unpaired) electrons. The van der Waals surface area contributed by atoms with Gasteiger partial charge in [-0.25, -0.2) is 0 Å². The van der Waals surface area contributed by atoms with Crippen LogP contribution in [0.4, 0.5) is 0 Å². The number of benzene rings is 2. The highest BCUT2D eigenvalue weighted by Gasteiger charge is 2.15. The van der Waals surface area contributed by atoms with Crippen molar-refractivity contribution in [2.75, 3.05) is 0 Å². The number of nitrogens with one attached hydrogen (secondary N) is 1. The Morgan fingerprint density at radius 1 is 1.14 bits per heavy atom. The Labute approximate surface area is 131 Å². The molecule has 0 saturated carbocycles. The summed E-state index contributed by atoms with van der Waals surface area (Å²) in [5, 5.41) is 3.98. The first-order chi connectivity index (χ1) is 10.1. The molecule has 1 aromatic heterocycles. The van der Waals surface area contributed by atoms with Crippen LogP contribution in [0.25, 0.3) is 11.0 Å². The average Bonchev–Trinajstić information content (AvgIpc) is 2.92. The van der Waals surface area contributed by atoms with E-state index in [-0.39, 0.29) is 11.9 Å². The molecule has 0 aliphatic rings. The van der Waals surface area contributed by atoms with E-state index in [0.29, 0.717) is 5.56 Å². The van der Waals surface area contributed by atoms with Crippen LogP contribution in [0.1, 0.15) is 29.1 Å². The van der Waals surface area contributed by atoms with E-state index >= 15 is 0 Å². The molecule has 1 N–H and O–H groups in total. The van der Waals surface area contributed by atoms with Crippen molar-refractivity contribution >= 4 is 32.8 Å². The predicted molar refractivity (Wildman–Crippen MR) is 86.2 cm³/mol. The molecule has 3 aromatic rings. The Kier molecular flexibility index (Phi) is 3.80. The normalized spacial score (nSPS) is 12.3. The lowest BCUT2D eigenvalue weighted by Gasteiger charge is -2.11. The first-order valence-electron chi connectivity index (χ1n) is 6.68. The molecule has 2 aromatic carbocycles. The summed E-state index contributed by atoms with van der Waals surface area (Å²) in [4.78, 5) is 12.2. The van der Waals surface area contributed by atoms with E-state index < -0.39 is 0 Å². The van der Waals surface area contributed by atoms with E-state index in [2.05, 4.69) is 21.2 Å². The van der Waals surface area contributed by atoms with Gasteiger partial charge in [-0.2, -0.15) is 0 Å². The third-order valence-corrected chi connectivity index (χ3v) is 3.85. The lowest BCUT2D eigenvalue weighted by Crippen LogP contribution is -2.26. The van der Waals surface area contributed by atoms with E-state index in [1.54, 1.807) is 12.1 Å². The number of rotatable bonds is 3. The molecule has 0 aliphatic heterocycles. The van der Waals surface area contributed by atoms with Crippen LogP contribution >= 0.6 is 15.9 Å². The van der Waals surface area contributed by atoms with Crippen LogP contribution in [-0.2, 0) is 0 Å². The number of carbonyl (C=O) groups excluding carboxylic acids is 1. The van der Waals surface area contributed by atoms with Gasteiger partial charge < -0.3 is 9.73 Å². The third kappa shape index (κ3) is 3.00. The summed E-state index contributed by atoms with van der Waals surface area (Å²) in [6.07, 6.45) is 0. The zero-order chi connectivity index (χ0) is 14.8. The Hall–Kier alpha value is -2.07. The second-order valence-corrected chi connectivity index (χ2v) is 5.80. The maximum atomic E-state index is 12.2.